The number of carbonyl (C=O) groups excluding carboxylic acids is 1. The van der Waals surface area contributed by atoms with Gasteiger partial charge in [0.05, 0.1) is 7.11 Å². The lowest BCUT2D eigenvalue weighted by Crippen LogP contribution is -2.33. The Morgan fingerprint density at radius 2 is 2.44 bits per heavy atom. The van der Waals surface area contributed by atoms with Crippen LogP contribution in [0.2, 0.25) is 5.02 Å². The Balaban J connectivity index is 1.91. The minimum absolute atomic E-state index is 0.0700. The molecule has 1 atom stereocenters. The number of hydrogen-bond donors (Lipinski definition) is 1. The Hall–Kier alpha value is -1.26. The molecule has 0 aliphatic carbocycles. The van der Waals surface area contributed by atoms with Crippen LogP contribution in [-0.2, 0) is 16.1 Å². The van der Waals surface area contributed by atoms with E-state index in [1.165, 1.54) is 0 Å². The number of methoxy groups -OCH3 is 1. The van der Waals surface area contributed by atoms with Gasteiger partial charge >= 0.3 is 0 Å². The maximum atomic E-state index is 11.7. The highest BCUT2D eigenvalue weighted by atomic mass is 35.5. The molecule has 1 N–H and O–H groups in total. The molecule has 0 saturated carbocycles. The first-order valence-corrected chi connectivity index (χ1v) is 6.30. The van der Waals surface area contributed by atoms with Gasteiger partial charge in [-0.1, -0.05) is 17.7 Å². The second kappa shape index (κ2) is 6.07. The number of hydrogen-bond acceptors (Lipinski definition) is 3. The molecule has 1 fully saturated rings. The van der Waals surface area contributed by atoms with Gasteiger partial charge in [0.2, 0.25) is 5.91 Å². The minimum Gasteiger partial charge on any atom is -0.497 e. The summed E-state index contributed by atoms with van der Waals surface area (Å²) in [5, 5.41) is 3.42. The minimum atomic E-state index is -0.304. The number of carbonyl (C=O) groups is 1. The molecule has 1 aliphatic rings. The van der Waals surface area contributed by atoms with Gasteiger partial charge in [-0.2, -0.15) is 0 Å². The molecule has 1 unspecified atom stereocenters. The highest BCUT2D eigenvalue weighted by Crippen LogP contribution is 2.22. The van der Waals surface area contributed by atoms with E-state index in [1.807, 2.05) is 12.1 Å². The first-order chi connectivity index (χ1) is 8.70. The largest absolute Gasteiger partial charge is 0.497 e. The molecule has 18 heavy (non-hydrogen) atoms. The zero-order valence-corrected chi connectivity index (χ0v) is 11.0. The summed E-state index contributed by atoms with van der Waals surface area (Å²) in [6, 6.07) is 5.39. The van der Waals surface area contributed by atoms with Gasteiger partial charge in [-0.25, -0.2) is 0 Å². The fraction of sp³-hybridized carbons (Fsp3) is 0.462. The predicted molar refractivity (Wildman–Crippen MR) is 68.8 cm³/mol. The first kappa shape index (κ1) is 13.2. The zero-order valence-electron chi connectivity index (χ0n) is 10.2. The molecule has 1 amide bonds. The van der Waals surface area contributed by atoms with Crippen LogP contribution in [0.5, 0.6) is 5.75 Å². The van der Waals surface area contributed by atoms with Crippen LogP contribution in [0.3, 0.4) is 0 Å². The molecule has 5 heteroatoms. The molecule has 1 saturated heterocycles. The lowest BCUT2D eigenvalue weighted by molar-refractivity contribution is -0.130. The standard InChI is InChI=1S/C13H16ClNO3/c1-17-10-5-4-9(11(14)7-10)8-15-13(16)12-3-2-6-18-12/h4-5,7,12H,2-3,6,8H2,1H3,(H,15,16). The van der Waals surface area contributed by atoms with Crippen LogP contribution in [-0.4, -0.2) is 25.7 Å². The fourth-order valence-electron chi connectivity index (χ4n) is 1.88. The van der Waals surface area contributed by atoms with Crippen molar-refractivity contribution < 1.29 is 14.3 Å². The second-order valence-electron chi connectivity index (χ2n) is 4.18. The van der Waals surface area contributed by atoms with Crippen molar-refractivity contribution >= 4 is 17.5 Å². The average Bonchev–Trinajstić information content (AvgIpc) is 2.90. The third-order valence-electron chi connectivity index (χ3n) is 2.94. The molecule has 1 aromatic rings. The van der Waals surface area contributed by atoms with Crippen LogP contribution < -0.4 is 10.1 Å². The van der Waals surface area contributed by atoms with Crippen molar-refractivity contribution in [3.63, 3.8) is 0 Å². The van der Waals surface area contributed by atoms with E-state index in [0.29, 0.717) is 23.9 Å². The van der Waals surface area contributed by atoms with E-state index >= 15 is 0 Å². The number of ether oxygens (including phenoxy) is 2. The first-order valence-electron chi connectivity index (χ1n) is 5.92. The van der Waals surface area contributed by atoms with Crippen LogP contribution in [0.15, 0.2) is 18.2 Å². The fourth-order valence-corrected chi connectivity index (χ4v) is 2.12. The van der Waals surface area contributed by atoms with E-state index < -0.39 is 0 Å². The summed E-state index contributed by atoms with van der Waals surface area (Å²) >= 11 is 6.09. The van der Waals surface area contributed by atoms with Gasteiger partial charge in [-0.15, -0.1) is 0 Å². The maximum Gasteiger partial charge on any atom is 0.249 e. The Kier molecular flexibility index (Phi) is 4.44. The molecule has 0 bridgehead atoms. The number of halogens is 1. The van der Waals surface area contributed by atoms with Crippen LogP contribution in [0.1, 0.15) is 18.4 Å². The zero-order chi connectivity index (χ0) is 13.0. The Morgan fingerprint density at radius 3 is 3.06 bits per heavy atom. The molecule has 1 aromatic carbocycles. The molecular formula is C13H16ClNO3. The molecule has 0 aromatic heterocycles. The van der Waals surface area contributed by atoms with E-state index in [9.17, 15) is 4.79 Å². The van der Waals surface area contributed by atoms with Crippen molar-refractivity contribution in [3.05, 3.63) is 28.8 Å². The summed E-state index contributed by atoms with van der Waals surface area (Å²) in [7, 11) is 1.59. The van der Waals surface area contributed by atoms with E-state index in [2.05, 4.69) is 5.32 Å². The van der Waals surface area contributed by atoms with Gasteiger partial charge in [-0.05, 0) is 30.5 Å². The van der Waals surface area contributed by atoms with Gasteiger partial charge < -0.3 is 14.8 Å². The van der Waals surface area contributed by atoms with Crippen LogP contribution in [0.25, 0.3) is 0 Å². The molecule has 0 radical (unpaired) electrons. The molecule has 1 aliphatic heterocycles. The van der Waals surface area contributed by atoms with E-state index in [4.69, 9.17) is 21.1 Å². The summed E-state index contributed by atoms with van der Waals surface area (Å²) in [5.41, 5.74) is 0.865. The van der Waals surface area contributed by atoms with Gasteiger partial charge in [0, 0.05) is 18.2 Å². The molecule has 4 nitrogen and oxygen atoms in total. The summed E-state index contributed by atoms with van der Waals surface area (Å²) in [5.74, 6) is 0.633. The summed E-state index contributed by atoms with van der Waals surface area (Å²) < 4.78 is 10.4. The number of benzene rings is 1. The Bertz CT molecular complexity index is 430. The van der Waals surface area contributed by atoms with E-state index in [0.717, 1.165) is 18.4 Å². The van der Waals surface area contributed by atoms with Gasteiger partial charge in [0.1, 0.15) is 11.9 Å². The molecule has 0 spiro atoms. The van der Waals surface area contributed by atoms with Crippen LogP contribution in [0, 0.1) is 0 Å². The predicted octanol–water partition coefficient (Wildman–Crippen LogP) is 2.14. The summed E-state index contributed by atoms with van der Waals surface area (Å²) in [6.45, 7) is 1.07. The molecule has 1 heterocycles. The topological polar surface area (TPSA) is 47.6 Å². The molecule has 2 rings (SSSR count). The van der Waals surface area contributed by atoms with Crippen molar-refractivity contribution in [2.75, 3.05) is 13.7 Å². The lowest BCUT2D eigenvalue weighted by Gasteiger charge is -2.11. The number of nitrogens with one attached hydrogen (secondary N) is 1. The monoisotopic (exact) mass is 269 g/mol. The summed E-state index contributed by atoms with van der Waals surface area (Å²) in [6.07, 6.45) is 1.44. The maximum absolute atomic E-state index is 11.7. The van der Waals surface area contributed by atoms with Crippen molar-refractivity contribution in [2.45, 2.75) is 25.5 Å². The molecule has 98 valence electrons. The highest BCUT2D eigenvalue weighted by molar-refractivity contribution is 6.31. The number of rotatable bonds is 4. The normalized spacial score (nSPS) is 18.7. The van der Waals surface area contributed by atoms with Gasteiger partial charge in [0.25, 0.3) is 0 Å². The smallest absolute Gasteiger partial charge is 0.249 e. The third-order valence-corrected chi connectivity index (χ3v) is 3.29. The average molecular weight is 270 g/mol. The lowest BCUT2D eigenvalue weighted by atomic mass is 10.2. The van der Waals surface area contributed by atoms with Crippen molar-refractivity contribution in [1.82, 2.24) is 5.32 Å². The van der Waals surface area contributed by atoms with Crippen LogP contribution >= 0.6 is 11.6 Å². The van der Waals surface area contributed by atoms with Crippen molar-refractivity contribution in [3.8, 4) is 5.75 Å². The number of amides is 1. The van der Waals surface area contributed by atoms with Crippen molar-refractivity contribution in [1.29, 1.82) is 0 Å². The highest BCUT2D eigenvalue weighted by Gasteiger charge is 2.23. The van der Waals surface area contributed by atoms with Crippen LogP contribution in [0.4, 0.5) is 0 Å². The summed E-state index contributed by atoms with van der Waals surface area (Å²) in [4.78, 5) is 11.7. The quantitative estimate of drug-likeness (QED) is 0.911. The van der Waals surface area contributed by atoms with E-state index in [-0.39, 0.29) is 12.0 Å². The van der Waals surface area contributed by atoms with Gasteiger partial charge in [0.15, 0.2) is 0 Å². The van der Waals surface area contributed by atoms with E-state index in [1.54, 1.807) is 13.2 Å². The second-order valence-corrected chi connectivity index (χ2v) is 4.58. The SMILES string of the molecule is COc1ccc(CNC(=O)C2CCCO2)c(Cl)c1. The Labute approximate surface area is 111 Å². The van der Waals surface area contributed by atoms with Gasteiger partial charge in [-0.3, -0.25) is 4.79 Å². The molecular weight excluding hydrogens is 254 g/mol. The third kappa shape index (κ3) is 3.15. The Morgan fingerprint density at radius 1 is 1.61 bits per heavy atom. The van der Waals surface area contributed by atoms with Crippen molar-refractivity contribution in [2.24, 2.45) is 0 Å².